The molecule has 4 heterocycles. The number of carbonyl (C=O) groups excluding carboxylic acids is 1. The van der Waals surface area contributed by atoms with Crippen molar-refractivity contribution in [2.75, 3.05) is 5.32 Å². The number of pyridine rings is 2. The van der Waals surface area contributed by atoms with E-state index >= 15 is 0 Å². The molecule has 0 aliphatic heterocycles. The molecule has 0 saturated carbocycles. The van der Waals surface area contributed by atoms with Crippen molar-refractivity contribution in [3.8, 4) is 5.82 Å². The third kappa shape index (κ3) is 4.66. The lowest BCUT2D eigenvalue weighted by Gasteiger charge is -2.08. The van der Waals surface area contributed by atoms with Crippen molar-refractivity contribution < 1.29 is 18.0 Å². The van der Waals surface area contributed by atoms with E-state index in [0.717, 1.165) is 24.2 Å². The van der Waals surface area contributed by atoms with Gasteiger partial charge in [0, 0.05) is 37.4 Å². The molecule has 4 aromatic rings. The Morgan fingerprint density at radius 2 is 1.88 bits per heavy atom. The Labute approximate surface area is 180 Å². The highest BCUT2D eigenvalue weighted by Gasteiger charge is 2.30. The number of nitrogens with one attached hydrogen (secondary N) is 1. The van der Waals surface area contributed by atoms with Crippen LogP contribution in [0.15, 0.2) is 61.3 Å². The van der Waals surface area contributed by atoms with Crippen LogP contribution in [0.4, 0.5) is 19.0 Å². The lowest BCUT2D eigenvalue weighted by Crippen LogP contribution is -2.14. The van der Waals surface area contributed by atoms with Gasteiger partial charge in [0.05, 0.1) is 23.0 Å². The molecule has 0 aliphatic carbocycles. The Morgan fingerprint density at radius 1 is 1.09 bits per heavy atom. The predicted molar refractivity (Wildman–Crippen MR) is 109 cm³/mol. The number of nitrogens with zero attached hydrogens (tertiary/aromatic N) is 6. The van der Waals surface area contributed by atoms with Gasteiger partial charge in [0.15, 0.2) is 11.6 Å². The molecule has 0 saturated heterocycles. The highest BCUT2D eigenvalue weighted by atomic mass is 19.4. The first-order chi connectivity index (χ1) is 15.3. The Morgan fingerprint density at radius 3 is 2.56 bits per heavy atom. The number of aromatic nitrogens is 6. The van der Waals surface area contributed by atoms with E-state index in [1.54, 1.807) is 36.3 Å². The standard InChI is InChI=1S/C21H18F3N7O/c1-14-17(13-27-31(14)19-3-2-16(12-26-19)21(22,23)24)20(32)28-18-7-11-30(29-18)10-6-15-4-8-25-9-5-15/h2-5,7-9,11-13H,6,10H2,1H3,(H,28,29,32). The van der Waals surface area contributed by atoms with Gasteiger partial charge in [-0.05, 0) is 43.2 Å². The third-order valence-electron chi connectivity index (χ3n) is 4.81. The summed E-state index contributed by atoms with van der Waals surface area (Å²) in [6.45, 7) is 2.27. The molecule has 0 bridgehead atoms. The average Bonchev–Trinajstić information content (AvgIpc) is 3.38. The van der Waals surface area contributed by atoms with Crippen molar-refractivity contribution in [3.63, 3.8) is 0 Å². The summed E-state index contributed by atoms with van der Waals surface area (Å²) in [6, 6.07) is 7.66. The highest BCUT2D eigenvalue weighted by molar-refractivity contribution is 6.04. The molecule has 0 fully saturated rings. The molecule has 0 spiro atoms. The summed E-state index contributed by atoms with van der Waals surface area (Å²) < 4.78 is 41.2. The number of rotatable bonds is 6. The van der Waals surface area contributed by atoms with Crippen molar-refractivity contribution in [3.05, 3.63) is 83.7 Å². The summed E-state index contributed by atoms with van der Waals surface area (Å²) in [4.78, 5) is 20.5. The number of anilines is 1. The zero-order valence-corrected chi connectivity index (χ0v) is 16.9. The molecule has 1 amide bonds. The minimum atomic E-state index is -4.47. The maximum Gasteiger partial charge on any atom is 0.417 e. The molecular weight excluding hydrogens is 423 g/mol. The van der Waals surface area contributed by atoms with Gasteiger partial charge in [-0.15, -0.1) is 0 Å². The minimum absolute atomic E-state index is 0.176. The van der Waals surface area contributed by atoms with Gasteiger partial charge in [-0.25, -0.2) is 9.67 Å². The van der Waals surface area contributed by atoms with Crippen molar-refractivity contribution in [2.45, 2.75) is 26.1 Å². The number of aryl methyl sites for hydroxylation is 2. The predicted octanol–water partition coefficient (Wildman–Crippen LogP) is 3.68. The van der Waals surface area contributed by atoms with Crippen LogP contribution in [0.2, 0.25) is 0 Å². The smallest absolute Gasteiger partial charge is 0.305 e. The Bertz CT molecular complexity index is 1210. The molecule has 4 rings (SSSR count). The van der Waals surface area contributed by atoms with Gasteiger partial charge in [0.2, 0.25) is 0 Å². The molecule has 0 aliphatic rings. The van der Waals surface area contributed by atoms with Crippen molar-refractivity contribution in [2.24, 2.45) is 0 Å². The molecule has 0 unspecified atom stereocenters. The van der Waals surface area contributed by atoms with Crippen molar-refractivity contribution >= 4 is 11.7 Å². The molecule has 0 atom stereocenters. The molecule has 0 radical (unpaired) electrons. The lowest BCUT2D eigenvalue weighted by atomic mass is 10.2. The molecular formula is C21H18F3N7O. The number of hydrogen-bond donors (Lipinski definition) is 1. The molecule has 8 nitrogen and oxygen atoms in total. The number of halogens is 3. The van der Waals surface area contributed by atoms with Crippen molar-refractivity contribution in [1.29, 1.82) is 0 Å². The lowest BCUT2D eigenvalue weighted by molar-refractivity contribution is -0.137. The molecule has 0 aromatic carbocycles. The van der Waals surface area contributed by atoms with Crippen LogP contribution in [0.3, 0.4) is 0 Å². The van der Waals surface area contributed by atoms with Gasteiger partial charge >= 0.3 is 6.18 Å². The average molecular weight is 441 g/mol. The van der Waals surface area contributed by atoms with E-state index in [9.17, 15) is 18.0 Å². The van der Waals surface area contributed by atoms with Crippen LogP contribution in [-0.2, 0) is 19.1 Å². The van der Waals surface area contributed by atoms with Gasteiger partial charge < -0.3 is 5.32 Å². The van der Waals surface area contributed by atoms with Crippen LogP contribution in [0, 0.1) is 6.92 Å². The second-order valence-electron chi connectivity index (χ2n) is 6.98. The Hall–Kier alpha value is -4.02. The zero-order chi connectivity index (χ0) is 22.7. The first-order valence-electron chi connectivity index (χ1n) is 9.63. The molecule has 1 N–H and O–H groups in total. The fourth-order valence-corrected chi connectivity index (χ4v) is 3.07. The first kappa shape index (κ1) is 21.2. The fourth-order valence-electron chi connectivity index (χ4n) is 3.07. The van der Waals surface area contributed by atoms with E-state index in [4.69, 9.17) is 0 Å². The Kier molecular flexibility index (Phi) is 5.71. The Balaban J connectivity index is 1.42. The van der Waals surface area contributed by atoms with E-state index in [0.29, 0.717) is 18.1 Å². The first-order valence-corrected chi connectivity index (χ1v) is 9.63. The fraction of sp³-hybridized carbons (Fsp3) is 0.190. The maximum absolute atomic E-state index is 12.7. The SMILES string of the molecule is Cc1c(C(=O)Nc2ccn(CCc3ccncc3)n2)cnn1-c1ccc(C(F)(F)F)cn1. The van der Waals surface area contributed by atoms with Gasteiger partial charge in [0.1, 0.15) is 0 Å². The van der Waals surface area contributed by atoms with E-state index in [-0.39, 0.29) is 11.4 Å². The van der Waals surface area contributed by atoms with Gasteiger partial charge in [-0.3, -0.25) is 14.5 Å². The van der Waals surface area contributed by atoms with Crippen LogP contribution < -0.4 is 5.32 Å². The third-order valence-corrected chi connectivity index (χ3v) is 4.81. The molecule has 32 heavy (non-hydrogen) atoms. The number of alkyl halides is 3. The summed E-state index contributed by atoms with van der Waals surface area (Å²) in [5.41, 5.74) is 0.967. The van der Waals surface area contributed by atoms with Gasteiger partial charge in [-0.1, -0.05) is 0 Å². The van der Waals surface area contributed by atoms with Gasteiger partial charge in [-0.2, -0.15) is 23.4 Å². The number of hydrogen-bond acceptors (Lipinski definition) is 5. The van der Waals surface area contributed by atoms with E-state index < -0.39 is 17.6 Å². The van der Waals surface area contributed by atoms with Crippen LogP contribution in [-0.4, -0.2) is 35.4 Å². The van der Waals surface area contributed by atoms with Crippen LogP contribution >= 0.6 is 0 Å². The van der Waals surface area contributed by atoms with E-state index in [1.807, 2.05) is 12.1 Å². The number of amides is 1. The summed E-state index contributed by atoms with van der Waals surface area (Å²) in [5, 5.41) is 11.1. The maximum atomic E-state index is 12.7. The quantitative estimate of drug-likeness (QED) is 0.493. The van der Waals surface area contributed by atoms with Crippen LogP contribution in [0.5, 0.6) is 0 Å². The van der Waals surface area contributed by atoms with Crippen LogP contribution in [0.25, 0.3) is 5.82 Å². The second-order valence-corrected chi connectivity index (χ2v) is 6.98. The van der Waals surface area contributed by atoms with Crippen molar-refractivity contribution in [1.82, 2.24) is 29.5 Å². The normalized spacial score (nSPS) is 11.5. The molecule has 164 valence electrons. The summed E-state index contributed by atoms with van der Waals surface area (Å²) in [6.07, 6.45) is 3.58. The summed E-state index contributed by atoms with van der Waals surface area (Å²) in [5.74, 6) is 0.125. The zero-order valence-electron chi connectivity index (χ0n) is 16.9. The highest BCUT2D eigenvalue weighted by Crippen LogP contribution is 2.28. The van der Waals surface area contributed by atoms with E-state index in [2.05, 4.69) is 25.5 Å². The van der Waals surface area contributed by atoms with E-state index in [1.165, 1.54) is 16.9 Å². The molecule has 11 heteroatoms. The van der Waals surface area contributed by atoms with Crippen LogP contribution in [0.1, 0.15) is 27.2 Å². The largest absolute Gasteiger partial charge is 0.417 e. The monoisotopic (exact) mass is 441 g/mol. The summed E-state index contributed by atoms with van der Waals surface area (Å²) >= 11 is 0. The molecule has 4 aromatic heterocycles. The second kappa shape index (κ2) is 8.61. The number of carbonyl (C=O) groups is 1. The summed E-state index contributed by atoms with van der Waals surface area (Å²) in [7, 11) is 0. The minimum Gasteiger partial charge on any atom is -0.305 e. The van der Waals surface area contributed by atoms with Gasteiger partial charge in [0.25, 0.3) is 5.91 Å². The topological polar surface area (TPSA) is 90.5 Å².